The standard InChI is InChI=1S/C25H30N4O3S2/c1-15-9-10-21-26-22(27-13-16(2)32-17(3)14-27)19(23(30)28(21)12-15)11-20-24(31)29(25(33)34-20)18-7-5-4-6-8-18/h9-12,16-18H,4-8,13-14H2,1-3H3/b20-11+. The highest BCUT2D eigenvalue weighted by Gasteiger charge is 2.38. The van der Waals surface area contributed by atoms with E-state index in [-0.39, 0.29) is 29.7 Å². The number of hydrogen-bond donors (Lipinski definition) is 0. The highest BCUT2D eigenvalue weighted by molar-refractivity contribution is 8.26. The molecule has 1 aliphatic carbocycles. The summed E-state index contributed by atoms with van der Waals surface area (Å²) in [5.41, 5.74) is 1.80. The van der Waals surface area contributed by atoms with E-state index < -0.39 is 0 Å². The Morgan fingerprint density at radius 1 is 1.12 bits per heavy atom. The number of thioether (sulfide) groups is 1. The first-order valence-electron chi connectivity index (χ1n) is 12.0. The van der Waals surface area contributed by atoms with E-state index in [2.05, 4.69) is 4.90 Å². The first-order chi connectivity index (χ1) is 16.3. The summed E-state index contributed by atoms with van der Waals surface area (Å²) in [6.07, 6.45) is 8.94. The molecule has 2 atom stereocenters. The summed E-state index contributed by atoms with van der Waals surface area (Å²) in [6, 6.07) is 3.97. The molecule has 0 spiro atoms. The predicted octanol–water partition coefficient (Wildman–Crippen LogP) is 4.15. The molecule has 0 N–H and O–H groups in total. The number of hydrogen-bond acceptors (Lipinski definition) is 7. The number of carbonyl (C=O) groups excluding carboxylic acids is 1. The Labute approximate surface area is 209 Å². The summed E-state index contributed by atoms with van der Waals surface area (Å²) in [7, 11) is 0. The van der Waals surface area contributed by atoms with Crippen LogP contribution >= 0.6 is 24.0 Å². The van der Waals surface area contributed by atoms with Gasteiger partial charge in [0.05, 0.1) is 22.7 Å². The molecule has 2 aromatic heterocycles. The molecule has 3 fully saturated rings. The molecular formula is C25H30N4O3S2. The minimum absolute atomic E-state index is 0.0133. The highest BCUT2D eigenvalue weighted by atomic mass is 32.2. The van der Waals surface area contributed by atoms with Crippen molar-refractivity contribution in [1.29, 1.82) is 0 Å². The van der Waals surface area contributed by atoms with Gasteiger partial charge in [-0.2, -0.15) is 0 Å². The number of morpholine rings is 1. The van der Waals surface area contributed by atoms with Crippen LogP contribution in [0.4, 0.5) is 5.82 Å². The van der Waals surface area contributed by atoms with Crippen molar-refractivity contribution in [3.8, 4) is 0 Å². The van der Waals surface area contributed by atoms with E-state index in [0.717, 1.165) is 31.2 Å². The van der Waals surface area contributed by atoms with Crippen LogP contribution in [0.1, 0.15) is 57.1 Å². The average Bonchev–Trinajstić information content (AvgIpc) is 3.08. The fraction of sp³-hybridized carbons (Fsp3) is 0.520. The van der Waals surface area contributed by atoms with Gasteiger partial charge in [-0.1, -0.05) is 49.3 Å². The summed E-state index contributed by atoms with van der Waals surface area (Å²) in [4.78, 5) is 36.4. The van der Waals surface area contributed by atoms with E-state index in [0.29, 0.717) is 39.3 Å². The number of amides is 1. The number of carbonyl (C=O) groups is 1. The lowest BCUT2D eigenvalue weighted by molar-refractivity contribution is -0.124. The lowest BCUT2D eigenvalue weighted by Crippen LogP contribution is -2.46. The first kappa shape index (κ1) is 23.5. The predicted molar refractivity (Wildman–Crippen MR) is 140 cm³/mol. The van der Waals surface area contributed by atoms with Crippen molar-refractivity contribution in [3.63, 3.8) is 0 Å². The van der Waals surface area contributed by atoms with Gasteiger partial charge in [0.1, 0.15) is 15.8 Å². The van der Waals surface area contributed by atoms with Crippen molar-refractivity contribution in [2.24, 2.45) is 0 Å². The average molecular weight is 499 g/mol. The van der Waals surface area contributed by atoms with Crippen molar-refractivity contribution in [1.82, 2.24) is 14.3 Å². The van der Waals surface area contributed by atoms with Gasteiger partial charge >= 0.3 is 0 Å². The zero-order valence-electron chi connectivity index (χ0n) is 19.8. The van der Waals surface area contributed by atoms with Crippen LogP contribution in [-0.2, 0) is 9.53 Å². The molecule has 2 saturated heterocycles. The second kappa shape index (κ2) is 9.43. The molecule has 2 unspecified atom stereocenters. The van der Waals surface area contributed by atoms with Gasteiger partial charge in [-0.15, -0.1) is 0 Å². The van der Waals surface area contributed by atoms with Crippen molar-refractivity contribution < 1.29 is 9.53 Å². The SMILES string of the molecule is Cc1ccc2nc(N3CC(C)OC(C)C3)c(/C=C3/SC(=S)N(C4CCCCC4)C3=O)c(=O)n2c1. The van der Waals surface area contributed by atoms with Gasteiger partial charge in [-0.25, -0.2) is 4.98 Å². The van der Waals surface area contributed by atoms with E-state index in [1.54, 1.807) is 21.6 Å². The normalized spacial score (nSPS) is 25.7. The number of thiocarbonyl (C=S) groups is 1. The van der Waals surface area contributed by atoms with E-state index in [9.17, 15) is 9.59 Å². The number of pyridine rings is 1. The topological polar surface area (TPSA) is 67.2 Å². The van der Waals surface area contributed by atoms with Crippen LogP contribution in [0.3, 0.4) is 0 Å². The number of nitrogens with zero attached hydrogens (tertiary/aromatic N) is 4. The van der Waals surface area contributed by atoms with Crippen LogP contribution < -0.4 is 10.5 Å². The van der Waals surface area contributed by atoms with Gasteiger partial charge in [-0.05, 0) is 51.3 Å². The summed E-state index contributed by atoms with van der Waals surface area (Å²) in [5.74, 6) is 0.504. The summed E-state index contributed by atoms with van der Waals surface area (Å²) in [6.45, 7) is 7.25. The van der Waals surface area contributed by atoms with Crippen LogP contribution in [0.5, 0.6) is 0 Å². The maximum absolute atomic E-state index is 13.7. The zero-order valence-corrected chi connectivity index (χ0v) is 21.5. The Kier molecular flexibility index (Phi) is 6.52. The molecule has 0 radical (unpaired) electrons. The van der Waals surface area contributed by atoms with Gasteiger partial charge in [-0.3, -0.25) is 18.9 Å². The van der Waals surface area contributed by atoms with Gasteiger partial charge in [0.15, 0.2) is 0 Å². The van der Waals surface area contributed by atoms with Gasteiger partial charge < -0.3 is 9.64 Å². The molecule has 7 nitrogen and oxygen atoms in total. The third-order valence-electron chi connectivity index (χ3n) is 6.74. The van der Waals surface area contributed by atoms with Crippen molar-refractivity contribution >= 4 is 51.7 Å². The Bertz CT molecular complexity index is 1220. The number of aromatic nitrogens is 2. The smallest absolute Gasteiger partial charge is 0.267 e. The van der Waals surface area contributed by atoms with E-state index >= 15 is 0 Å². The molecule has 3 aliphatic rings. The molecule has 2 aromatic rings. The number of fused-ring (bicyclic) bond motifs is 1. The lowest BCUT2D eigenvalue weighted by atomic mass is 9.94. The number of aryl methyl sites for hydroxylation is 1. The van der Waals surface area contributed by atoms with E-state index in [4.69, 9.17) is 21.9 Å². The second-order valence-corrected chi connectivity index (χ2v) is 11.3. The third-order valence-corrected chi connectivity index (χ3v) is 8.07. The van der Waals surface area contributed by atoms with Crippen molar-refractivity contribution in [3.05, 3.63) is 44.7 Å². The zero-order chi connectivity index (χ0) is 24.0. The summed E-state index contributed by atoms with van der Waals surface area (Å²) >= 11 is 6.90. The number of anilines is 1. The first-order valence-corrected chi connectivity index (χ1v) is 13.2. The lowest BCUT2D eigenvalue weighted by Gasteiger charge is -2.36. The maximum Gasteiger partial charge on any atom is 0.267 e. The Balaban J connectivity index is 1.61. The molecule has 5 rings (SSSR count). The minimum atomic E-state index is -0.182. The number of rotatable bonds is 3. The van der Waals surface area contributed by atoms with Gasteiger partial charge in [0.2, 0.25) is 0 Å². The van der Waals surface area contributed by atoms with Crippen LogP contribution in [-0.4, -0.2) is 55.9 Å². The van der Waals surface area contributed by atoms with Crippen LogP contribution in [0, 0.1) is 6.92 Å². The molecule has 2 aliphatic heterocycles. The quantitative estimate of drug-likeness (QED) is 0.465. The van der Waals surface area contributed by atoms with Crippen LogP contribution in [0.2, 0.25) is 0 Å². The Hall–Kier alpha value is -2.23. The van der Waals surface area contributed by atoms with E-state index in [1.807, 2.05) is 32.9 Å². The molecule has 1 saturated carbocycles. The largest absolute Gasteiger partial charge is 0.372 e. The maximum atomic E-state index is 13.7. The van der Waals surface area contributed by atoms with Crippen molar-refractivity contribution in [2.45, 2.75) is 71.1 Å². The van der Waals surface area contributed by atoms with Crippen LogP contribution in [0.25, 0.3) is 11.7 Å². The fourth-order valence-electron chi connectivity index (χ4n) is 5.23. The second-order valence-electron chi connectivity index (χ2n) is 9.59. The molecule has 0 aromatic carbocycles. The molecule has 180 valence electrons. The van der Waals surface area contributed by atoms with Crippen LogP contribution in [0.15, 0.2) is 28.0 Å². The summed E-state index contributed by atoms with van der Waals surface area (Å²) < 4.78 is 8.06. The Morgan fingerprint density at radius 2 is 1.82 bits per heavy atom. The fourth-order valence-corrected chi connectivity index (χ4v) is 6.61. The summed E-state index contributed by atoms with van der Waals surface area (Å²) in [5, 5.41) is 0. The van der Waals surface area contributed by atoms with Gasteiger partial charge in [0, 0.05) is 25.3 Å². The van der Waals surface area contributed by atoms with E-state index in [1.165, 1.54) is 18.2 Å². The molecule has 4 heterocycles. The monoisotopic (exact) mass is 498 g/mol. The molecule has 1 amide bonds. The molecule has 9 heteroatoms. The minimum Gasteiger partial charge on any atom is -0.372 e. The molecule has 0 bridgehead atoms. The Morgan fingerprint density at radius 3 is 2.53 bits per heavy atom. The van der Waals surface area contributed by atoms with Crippen molar-refractivity contribution in [2.75, 3.05) is 18.0 Å². The highest BCUT2D eigenvalue weighted by Crippen LogP contribution is 2.38. The molecular weight excluding hydrogens is 468 g/mol. The molecule has 34 heavy (non-hydrogen) atoms. The number of ether oxygens (including phenoxy) is 1. The van der Waals surface area contributed by atoms with Gasteiger partial charge in [0.25, 0.3) is 11.5 Å². The third kappa shape index (κ3) is 4.41.